The summed E-state index contributed by atoms with van der Waals surface area (Å²) < 4.78 is 18.2. The van der Waals surface area contributed by atoms with E-state index < -0.39 is 0 Å². The summed E-state index contributed by atoms with van der Waals surface area (Å²) in [6, 6.07) is 4.60. The van der Waals surface area contributed by atoms with Gasteiger partial charge in [-0.25, -0.2) is 9.18 Å². The van der Waals surface area contributed by atoms with Crippen molar-refractivity contribution in [3.05, 3.63) is 29.6 Å². The van der Waals surface area contributed by atoms with Gasteiger partial charge in [-0.2, -0.15) is 0 Å². The Balaban J connectivity index is 2.35. The number of hydrogen-bond acceptors (Lipinski definition) is 2. The van der Waals surface area contributed by atoms with E-state index in [9.17, 15) is 9.18 Å². The fourth-order valence-corrected chi connectivity index (χ4v) is 1.49. The molecule has 0 fully saturated rings. The number of methoxy groups -OCH3 is 1. The van der Waals surface area contributed by atoms with Gasteiger partial charge in [-0.3, -0.25) is 0 Å². The third-order valence-corrected chi connectivity index (χ3v) is 2.45. The lowest BCUT2D eigenvalue weighted by Gasteiger charge is -2.07. The minimum Gasteiger partial charge on any atom is -0.494 e. The van der Waals surface area contributed by atoms with Crippen LogP contribution in [0.25, 0.3) is 0 Å². The van der Waals surface area contributed by atoms with Crippen molar-refractivity contribution in [2.24, 2.45) is 0 Å². The van der Waals surface area contributed by atoms with E-state index in [1.165, 1.54) is 13.2 Å². The third-order valence-electron chi connectivity index (χ3n) is 2.45. The maximum atomic E-state index is 13.4. The number of amides is 2. The monoisotopic (exact) mass is 254 g/mol. The zero-order valence-corrected chi connectivity index (χ0v) is 10.8. The molecule has 0 saturated carbocycles. The molecule has 0 heterocycles. The zero-order valence-electron chi connectivity index (χ0n) is 10.8. The standard InChI is InChI=1S/C13H19FN2O2/c1-3-7-15-13(17)16-8-6-10-4-5-12(18-2)11(14)9-10/h4-5,9H,3,6-8H2,1-2H3,(H2,15,16,17). The van der Waals surface area contributed by atoms with E-state index in [0.29, 0.717) is 19.5 Å². The van der Waals surface area contributed by atoms with Gasteiger partial charge < -0.3 is 15.4 Å². The summed E-state index contributed by atoms with van der Waals surface area (Å²) in [4.78, 5) is 11.2. The van der Waals surface area contributed by atoms with Crippen LogP contribution in [0, 0.1) is 5.82 Å². The van der Waals surface area contributed by atoms with Gasteiger partial charge in [-0.1, -0.05) is 13.0 Å². The van der Waals surface area contributed by atoms with E-state index in [1.807, 2.05) is 6.92 Å². The quantitative estimate of drug-likeness (QED) is 0.816. The van der Waals surface area contributed by atoms with Crippen molar-refractivity contribution in [3.8, 4) is 5.75 Å². The first-order valence-electron chi connectivity index (χ1n) is 6.01. The van der Waals surface area contributed by atoms with Gasteiger partial charge in [-0.15, -0.1) is 0 Å². The molecular formula is C13H19FN2O2. The summed E-state index contributed by atoms with van der Waals surface area (Å²) in [6.07, 6.45) is 1.48. The molecule has 0 bridgehead atoms. The molecule has 1 aromatic carbocycles. The Labute approximate surface area is 107 Å². The lowest BCUT2D eigenvalue weighted by atomic mass is 10.1. The highest BCUT2D eigenvalue weighted by Gasteiger charge is 2.04. The number of hydrogen-bond donors (Lipinski definition) is 2. The van der Waals surface area contributed by atoms with Crippen LogP contribution >= 0.6 is 0 Å². The van der Waals surface area contributed by atoms with Crippen molar-refractivity contribution >= 4 is 6.03 Å². The van der Waals surface area contributed by atoms with Crippen LogP contribution in [0.5, 0.6) is 5.75 Å². The zero-order chi connectivity index (χ0) is 13.4. The van der Waals surface area contributed by atoms with E-state index in [4.69, 9.17) is 4.74 Å². The van der Waals surface area contributed by atoms with Crippen LogP contribution in [0.2, 0.25) is 0 Å². The molecule has 0 spiro atoms. The van der Waals surface area contributed by atoms with Crippen LogP contribution in [-0.2, 0) is 6.42 Å². The van der Waals surface area contributed by atoms with Crippen molar-refractivity contribution in [2.75, 3.05) is 20.2 Å². The van der Waals surface area contributed by atoms with Gasteiger partial charge in [0.2, 0.25) is 0 Å². The Kier molecular flexibility index (Phi) is 5.97. The minimum absolute atomic E-state index is 0.189. The summed E-state index contributed by atoms with van der Waals surface area (Å²) in [6.45, 7) is 3.12. The molecule has 100 valence electrons. The number of halogens is 1. The number of urea groups is 1. The van der Waals surface area contributed by atoms with Crippen LogP contribution in [0.4, 0.5) is 9.18 Å². The van der Waals surface area contributed by atoms with Crippen molar-refractivity contribution in [1.82, 2.24) is 10.6 Å². The molecule has 0 aliphatic carbocycles. The van der Waals surface area contributed by atoms with Crippen molar-refractivity contribution < 1.29 is 13.9 Å². The molecule has 1 aromatic rings. The van der Waals surface area contributed by atoms with Crippen LogP contribution in [0.1, 0.15) is 18.9 Å². The largest absolute Gasteiger partial charge is 0.494 e. The molecule has 1 rings (SSSR count). The number of benzene rings is 1. The fourth-order valence-electron chi connectivity index (χ4n) is 1.49. The highest BCUT2D eigenvalue weighted by molar-refractivity contribution is 5.73. The molecule has 0 unspecified atom stereocenters. The topological polar surface area (TPSA) is 50.4 Å². The van der Waals surface area contributed by atoms with E-state index in [1.54, 1.807) is 12.1 Å². The number of nitrogens with one attached hydrogen (secondary N) is 2. The van der Waals surface area contributed by atoms with E-state index in [2.05, 4.69) is 10.6 Å². The van der Waals surface area contributed by atoms with Crippen LogP contribution in [0.3, 0.4) is 0 Å². The molecule has 18 heavy (non-hydrogen) atoms. The Hall–Kier alpha value is -1.78. The Morgan fingerprint density at radius 3 is 2.67 bits per heavy atom. The van der Waals surface area contributed by atoms with Gasteiger partial charge >= 0.3 is 6.03 Å². The summed E-state index contributed by atoms with van der Waals surface area (Å²) in [5, 5.41) is 5.41. The smallest absolute Gasteiger partial charge is 0.314 e. The second-order valence-corrected chi connectivity index (χ2v) is 3.90. The number of carbonyl (C=O) groups excluding carboxylic acids is 1. The van der Waals surface area contributed by atoms with Gasteiger partial charge in [0.1, 0.15) is 0 Å². The summed E-state index contributed by atoms with van der Waals surface area (Å²) in [5.74, 6) is -0.155. The number of ether oxygens (including phenoxy) is 1. The molecule has 2 N–H and O–H groups in total. The summed E-state index contributed by atoms with van der Waals surface area (Å²) >= 11 is 0. The maximum absolute atomic E-state index is 13.4. The second-order valence-electron chi connectivity index (χ2n) is 3.90. The molecule has 0 aliphatic heterocycles. The van der Waals surface area contributed by atoms with Gasteiger partial charge in [0.05, 0.1) is 7.11 Å². The normalized spacial score (nSPS) is 9.94. The lowest BCUT2D eigenvalue weighted by molar-refractivity contribution is 0.241. The second kappa shape index (κ2) is 7.53. The number of carbonyl (C=O) groups is 1. The molecule has 2 amide bonds. The van der Waals surface area contributed by atoms with Gasteiger partial charge in [0, 0.05) is 13.1 Å². The summed E-state index contributed by atoms with van der Waals surface area (Å²) in [7, 11) is 1.43. The maximum Gasteiger partial charge on any atom is 0.314 e. The highest BCUT2D eigenvalue weighted by atomic mass is 19.1. The molecule has 5 heteroatoms. The summed E-state index contributed by atoms with van der Waals surface area (Å²) in [5.41, 5.74) is 0.823. The Morgan fingerprint density at radius 1 is 1.33 bits per heavy atom. The molecule has 0 aliphatic rings. The van der Waals surface area contributed by atoms with Crippen molar-refractivity contribution in [3.63, 3.8) is 0 Å². The number of rotatable bonds is 6. The van der Waals surface area contributed by atoms with Gasteiger partial charge in [0.15, 0.2) is 11.6 Å². The van der Waals surface area contributed by atoms with Crippen LogP contribution < -0.4 is 15.4 Å². The molecular weight excluding hydrogens is 235 g/mol. The third kappa shape index (κ3) is 4.61. The SMILES string of the molecule is CCCNC(=O)NCCc1ccc(OC)c(F)c1. The predicted octanol–water partition coefficient (Wildman–Crippen LogP) is 2.09. The Bertz CT molecular complexity index is 397. The fraction of sp³-hybridized carbons (Fsp3) is 0.462. The molecule has 0 radical (unpaired) electrons. The van der Waals surface area contributed by atoms with Crippen LogP contribution in [0.15, 0.2) is 18.2 Å². The van der Waals surface area contributed by atoms with Gasteiger partial charge in [-0.05, 0) is 30.5 Å². The average Bonchev–Trinajstić information content (AvgIpc) is 2.36. The highest BCUT2D eigenvalue weighted by Crippen LogP contribution is 2.17. The Morgan fingerprint density at radius 2 is 2.06 bits per heavy atom. The molecule has 4 nitrogen and oxygen atoms in total. The molecule has 0 atom stereocenters. The van der Waals surface area contributed by atoms with Gasteiger partial charge in [0.25, 0.3) is 0 Å². The van der Waals surface area contributed by atoms with Crippen molar-refractivity contribution in [2.45, 2.75) is 19.8 Å². The minimum atomic E-state index is -0.384. The average molecular weight is 254 g/mol. The van der Waals surface area contributed by atoms with Crippen LogP contribution in [-0.4, -0.2) is 26.2 Å². The first-order chi connectivity index (χ1) is 8.67. The predicted molar refractivity (Wildman–Crippen MR) is 68.3 cm³/mol. The first kappa shape index (κ1) is 14.3. The van der Waals surface area contributed by atoms with E-state index in [-0.39, 0.29) is 17.6 Å². The lowest BCUT2D eigenvalue weighted by Crippen LogP contribution is -2.36. The molecule has 0 saturated heterocycles. The molecule has 0 aromatic heterocycles. The first-order valence-corrected chi connectivity index (χ1v) is 6.01. The van der Waals surface area contributed by atoms with E-state index >= 15 is 0 Å². The van der Waals surface area contributed by atoms with Crippen molar-refractivity contribution in [1.29, 1.82) is 0 Å². The van der Waals surface area contributed by atoms with E-state index in [0.717, 1.165) is 12.0 Å².